The van der Waals surface area contributed by atoms with E-state index in [0.29, 0.717) is 11.4 Å². The third-order valence-corrected chi connectivity index (χ3v) is 7.43. The molecule has 0 spiro atoms. The summed E-state index contributed by atoms with van der Waals surface area (Å²) in [6.45, 7) is 5.96. The highest BCUT2D eigenvalue weighted by Crippen LogP contribution is 2.30. The fourth-order valence-electron chi connectivity index (χ4n) is 3.64. The van der Waals surface area contributed by atoms with Gasteiger partial charge in [0.2, 0.25) is 21.8 Å². The molecule has 0 aliphatic heterocycles. The number of rotatable bonds is 13. The van der Waals surface area contributed by atoms with E-state index in [-0.39, 0.29) is 48.8 Å². The lowest BCUT2D eigenvalue weighted by atomic mass is 10.1. The van der Waals surface area contributed by atoms with E-state index in [0.717, 1.165) is 18.2 Å². The van der Waals surface area contributed by atoms with E-state index in [1.165, 1.54) is 17.5 Å². The van der Waals surface area contributed by atoms with Crippen molar-refractivity contribution in [1.29, 1.82) is 0 Å². The second kappa shape index (κ2) is 13.5. The van der Waals surface area contributed by atoms with Gasteiger partial charge in [-0.1, -0.05) is 48.9 Å². The van der Waals surface area contributed by atoms with E-state index in [2.05, 4.69) is 5.32 Å². The average molecular weight is 538 g/mol. The van der Waals surface area contributed by atoms with Crippen molar-refractivity contribution in [2.24, 2.45) is 0 Å². The first-order chi connectivity index (χ1) is 17.0. The number of hydrogen-bond donors (Lipinski definition) is 1. The van der Waals surface area contributed by atoms with Gasteiger partial charge < -0.3 is 15.0 Å². The summed E-state index contributed by atoms with van der Waals surface area (Å²) >= 11 is 6.19. The maximum atomic E-state index is 13.3. The lowest BCUT2D eigenvalue weighted by Gasteiger charge is -2.30. The normalized spacial score (nSPS) is 12.9. The van der Waals surface area contributed by atoms with Crippen LogP contribution in [-0.2, 0) is 26.2 Å². The molecule has 2 aromatic carbocycles. The number of carbonyl (C=O) groups is 2. The molecule has 2 atom stereocenters. The molecule has 0 saturated carbocycles. The molecule has 8 nitrogen and oxygen atoms in total. The van der Waals surface area contributed by atoms with Gasteiger partial charge in [0.1, 0.15) is 11.8 Å². The lowest BCUT2D eigenvalue weighted by molar-refractivity contribution is -0.140. The van der Waals surface area contributed by atoms with Gasteiger partial charge in [0.25, 0.3) is 0 Å². The van der Waals surface area contributed by atoms with Crippen LogP contribution in [0.1, 0.15) is 45.6 Å². The molecular weight excluding hydrogens is 502 g/mol. The molecular formula is C26H36ClN3O5S. The standard InChI is InChI=1S/C26H36ClN3O5S/c1-6-19(2)28-26(32)20(3)29(18-21-11-8-7-9-12-21)25(31)13-10-16-30(36(5,33)34)22-14-15-24(35-4)23(27)17-22/h7-9,11-12,14-15,17,19-20H,6,10,13,16,18H2,1-5H3,(H,28,32). The van der Waals surface area contributed by atoms with Gasteiger partial charge in [-0.25, -0.2) is 8.42 Å². The minimum absolute atomic E-state index is 0.00623. The second-order valence-electron chi connectivity index (χ2n) is 8.76. The molecule has 0 saturated heterocycles. The zero-order chi connectivity index (χ0) is 26.9. The number of nitrogens with one attached hydrogen (secondary N) is 1. The first-order valence-electron chi connectivity index (χ1n) is 11.9. The zero-order valence-corrected chi connectivity index (χ0v) is 23.1. The molecule has 0 aliphatic rings. The van der Waals surface area contributed by atoms with E-state index in [4.69, 9.17) is 16.3 Å². The molecule has 2 amide bonds. The Bertz CT molecular complexity index is 1130. The summed E-state index contributed by atoms with van der Waals surface area (Å²) < 4.78 is 31.3. The first kappa shape index (κ1) is 29.5. The zero-order valence-electron chi connectivity index (χ0n) is 21.5. The summed E-state index contributed by atoms with van der Waals surface area (Å²) in [4.78, 5) is 27.7. The van der Waals surface area contributed by atoms with Gasteiger partial charge in [-0.2, -0.15) is 0 Å². The summed E-state index contributed by atoms with van der Waals surface area (Å²) in [5.74, 6) is -0.0172. The molecule has 36 heavy (non-hydrogen) atoms. The molecule has 0 heterocycles. The summed E-state index contributed by atoms with van der Waals surface area (Å²) in [5.41, 5.74) is 1.29. The number of ether oxygens (including phenoxy) is 1. The number of hydrogen-bond acceptors (Lipinski definition) is 5. The predicted octanol–water partition coefficient (Wildman–Crippen LogP) is 4.23. The molecule has 2 aromatic rings. The number of benzene rings is 2. The fraction of sp³-hybridized carbons (Fsp3) is 0.462. The number of carbonyl (C=O) groups excluding carboxylic acids is 2. The number of halogens is 1. The van der Waals surface area contributed by atoms with Crippen molar-refractivity contribution in [2.45, 2.75) is 58.7 Å². The number of nitrogens with zero attached hydrogens (tertiary/aromatic N) is 2. The SMILES string of the molecule is CCC(C)NC(=O)C(C)N(Cc1ccccc1)C(=O)CCCN(c1ccc(OC)c(Cl)c1)S(C)(=O)=O. The maximum absolute atomic E-state index is 13.3. The van der Waals surface area contributed by atoms with Crippen molar-refractivity contribution in [3.8, 4) is 5.75 Å². The van der Waals surface area contributed by atoms with Crippen molar-refractivity contribution in [2.75, 3.05) is 24.2 Å². The van der Waals surface area contributed by atoms with Gasteiger partial charge in [-0.3, -0.25) is 13.9 Å². The van der Waals surface area contributed by atoms with Crippen LogP contribution in [0.3, 0.4) is 0 Å². The van der Waals surface area contributed by atoms with E-state index >= 15 is 0 Å². The summed E-state index contributed by atoms with van der Waals surface area (Å²) in [6.07, 6.45) is 2.22. The van der Waals surface area contributed by atoms with Crippen LogP contribution in [0, 0.1) is 0 Å². The van der Waals surface area contributed by atoms with Gasteiger partial charge in [-0.05, 0) is 50.5 Å². The van der Waals surface area contributed by atoms with Crippen LogP contribution < -0.4 is 14.4 Å². The van der Waals surface area contributed by atoms with Gasteiger partial charge in [0, 0.05) is 25.6 Å². The van der Waals surface area contributed by atoms with Gasteiger partial charge in [-0.15, -0.1) is 0 Å². The van der Waals surface area contributed by atoms with Crippen molar-refractivity contribution < 1.29 is 22.7 Å². The smallest absolute Gasteiger partial charge is 0.242 e. The largest absolute Gasteiger partial charge is 0.495 e. The molecule has 0 aliphatic carbocycles. The van der Waals surface area contributed by atoms with Gasteiger partial charge in [0.15, 0.2) is 0 Å². The summed E-state index contributed by atoms with van der Waals surface area (Å²) in [6, 6.07) is 13.5. The van der Waals surface area contributed by atoms with Crippen LogP contribution in [-0.4, -0.2) is 57.1 Å². The Morgan fingerprint density at radius 2 is 1.78 bits per heavy atom. The van der Waals surface area contributed by atoms with Gasteiger partial charge in [0.05, 0.1) is 24.1 Å². The Kier molecular flexibility index (Phi) is 11.0. The minimum atomic E-state index is -3.62. The molecule has 198 valence electrons. The van der Waals surface area contributed by atoms with E-state index in [1.54, 1.807) is 24.0 Å². The quantitative estimate of drug-likeness (QED) is 0.412. The van der Waals surface area contributed by atoms with Crippen LogP contribution in [0.5, 0.6) is 5.75 Å². The first-order valence-corrected chi connectivity index (χ1v) is 14.2. The average Bonchev–Trinajstić information content (AvgIpc) is 2.84. The molecule has 0 aromatic heterocycles. The predicted molar refractivity (Wildman–Crippen MR) is 144 cm³/mol. The number of amides is 2. The summed E-state index contributed by atoms with van der Waals surface area (Å²) in [7, 11) is -2.14. The molecule has 10 heteroatoms. The molecule has 0 fully saturated rings. The van der Waals surface area contributed by atoms with E-state index < -0.39 is 16.1 Å². The van der Waals surface area contributed by atoms with Crippen LogP contribution in [0.15, 0.2) is 48.5 Å². The highest BCUT2D eigenvalue weighted by Gasteiger charge is 2.27. The Hall–Kier alpha value is -2.78. The molecule has 1 N–H and O–H groups in total. The number of sulfonamides is 1. The van der Waals surface area contributed by atoms with Crippen molar-refractivity contribution in [3.05, 3.63) is 59.1 Å². The van der Waals surface area contributed by atoms with Crippen LogP contribution in [0.4, 0.5) is 5.69 Å². The van der Waals surface area contributed by atoms with E-state index in [9.17, 15) is 18.0 Å². The van der Waals surface area contributed by atoms with E-state index in [1.807, 2.05) is 44.2 Å². The third kappa shape index (κ3) is 8.41. The third-order valence-electron chi connectivity index (χ3n) is 5.94. The van der Waals surface area contributed by atoms with Gasteiger partial charge >= 0.3 is 0 Å². The highest BCUT2D eigenvalue weighted by molar-refractivity contribution is 7.92. The van der Waals surface area contributed by atoms with Crippen LogP contribution in [0.25, 0.3) is 0 Å². The molecule has 0 radical (unpaired) electrons. The second-order valence-corrected chi connectivity index (χ2v) is 11.1. The Labute approximate surface area is 219 Å². The van der Waals surface area contributed by atoms with Crippen molar-refractivity contribution >= 4 is 39.1 Å². The van der Waals surface area contributed by atoms with Crippen molar-refractivity contribution in [3.63, 3.8) is 0 Å². The van der Waals surface area contributed by atoms with Crippen molar-refractivity contribution in [1.82, 2.24) is 10.2 Å². The Balaban J connectivity index is 2.17. The Morgan fingerprint density at radius 3 is 2.33 bits per heavy atom. The van der Waals surface area contributed by atoms with Crippen LogP contribution >= 0.6 is 11.6 Å². The number of anilines is 1. The lowest BCUT2D eigenvalue weighted by Crippen LogP contribution is -2.49. The highest BCUT2D eigenvalue weighted by atomic mass is 35.5. The molecule has 0 bridgehead atoms. The minimum Gasteiger partial charge on any atom is -0.495 e. The maximum Gasteiger partial charge on any atom is 0.242 e. The van der Waals surface area contributed by atoms with Crippen LogP contribution in [0.2, 0.25) is 5.02 Å². The number of methoxy groups -OCH3 is 1. The summed E-state index contributed by atoms with van der Waals surface area (Å²) in [5, 5.41) is 3.22. The molecule has 2 unspecified atom stereocenters. The fourth-order valence-corrected chi connectivity index (χ4v) is 4.85. The monoisotopic (exact) mass is 537 g/mol. The molecule has 2 rings (SSSR count). The Morgan fingerprint density at radius 1 is 1.11 bits per heavy atom. The topological polar surface area (TPSA) is 96.0 Å².